The topological polar surface area (TPSA) is 23.8 Å². The molecule has 0 bridgehead atoms. The normalized spacial score (nSPS) is 15.5. The third kappa shape index (κ3) is 5.09. The Hall–Kier alpha value is -0.220. The second kappa shape index (κ2) is 6.49. The van der Waals surface area contributed by atoms with Gasteiger partial charge in [0.25, 0.3) is 0 Å². The van der Waals surface area contributed by atoms with E-state index in [0.717, 1.165) is 6.42 Å². The third-order valence-electron chi connectivity index (χ3n) is 1.84. The maximum Gasteiger partial charge on any atom is 0.0668 e. The van der Waals surface area contributed by atoms with E-state index in [1.54, 1.807) is 0 Å². The van der Waals surface area contributed by atoms with Crippen LogP contribution in [0.1, 0.15) is 33.1 Å². The lowest BCUT2D eigenvalue weighted by Gasteiger charge is -2.11. The van der Waals surface area contributed by atoms with E-state index < -0.39 is 0 Å². The molecule has 2 heteroatoms. The molecule has 0 aromatic carbocycles. The van der Waals surface area contributed by atoms with E-state index in [-0.39, 0.29) is 5.92 Å². The standard InChI is InChI=1S/C9H16ClN/c1-3-4-8(2)5-9(6-10)7-11/h8-9H,3-6H2,1-2H3. The summed E-state index contributed by atoms with van der Waals surface area (Å²) in [6.07, 6.45) is 3.35. The first-order valence-corrected chi connectivity index (χ1v) is 4.73. The first-order chi connectivity index (χ1) is 5.24. The number of nitriles is 1. The Balaban J connectivity index is 3.55. The van der Waals surface area contributed by atoms with Gasteiger partial charge in [-0.3, -0.25) is 0 Å². The van der Waals surface area contributed by atoms with Crippen molar-refractivity contribution in [2.75, 3.05) is 5.88 Å². The van der Waals surface area contributed by atoms with Gasteiger partial charge in [-0.25, -0.2) is 0 Å². The summed E-state index contributed by atoms with van der Waals surface area (Å²) in [6.45, 7) is 4.35. The number of nitrogens with zero attached hydrogens (tertiary/aromatic N) is 1. The van der Waals surface area contributed by atoms with E-state index in [1.165, 1.54) is 12.8 Å². The molecule has 0 amide bonds. The lowest BCUT2D eigenvalue weighted by Crippen LogP contribution is -2.05. The van der Waals surface area contributed by atoms with Crippen LogP contribution in [0.5, 0.6) is 0 Å². The van der Waals surface area contributed by atoms with E-state index >= 15 is 0 Å². The molecule has 0 aliphatic carbocycles. The molecule has 0 N–H and O–H groups in total. The van der Waals surface area contributed by atoms with Crippen LogP contribution in [0.3, 0.4) is 0 Å². The SMILES string of the molecule is CCCC(C)CC(C#N)CCl. The largest absolute Gasteiger partial charge is 0.198 e. The maximum absolute atomic E-state index is 8.61. The van der Waals surface area contributed by atoms with Crippen LogP contribution in [0, 0.1) is 23.2 Å². The second-order valence-corrected chi connectivity index (χ2v) is 3.42. The second-order valence-electron chi connectivity index (χ2n) is 3.11. The average Bonchev–Trinajstić information content (AvgIpc) is 2.01. The summed E-state index contributed by atoms with van der Waals surface area (Å²) >= 11 is 5.59. The van der Waals surface area contributed by atoms with Crippen molar-refractivity contribution in [3.63, 3.8) is 0 Å². The number of hydrogen-bond acceptors (Lipinski definition) is 1. The van der Waals surface area contributed by atoms with Crippen LogP contribution in [0.2, 0.25) is 0 Å². The van der Waals surface area contributed by atoms with Crippen LogP contribution in [0.15, 0.2) is 0 Å². The molecular weight excluding hydrogens is 158 g/mol. The summed E-state index contributed by atoms with van der Waals surface area (Å²) in [5.41, 5.74) is 0. The average molecular weight is 174 g/mol. The van der Waals surface area contributed by atoms with E-state index in [1.807, 2.05) is 0 Å². The lowest BCUT2D eigenvalue weighted by atomic mass is 9.95. The third-order valence-corrected chi connectivity index (χ3v) is 2.21. The van der Waals surface area contributed by atoms with E-state index in [9.17, 15) is 0 Å². The maximum atomic E-state index is 8.61. The van der Waals surface area contributed by atoms with Crippen molar-refractivity contribution in [2.24, 2.45) is 11.8 Å². The molecule has 1 nitrogen and oxygen atoms in total. The van der Waals surface area contributed by atoms with Gasteiger partial charge in [0.2, 0.25) is 0 Å². The van der Waals surface area contributed by atoms with Gasteiger partial charge in [0.15, 0.2) is 0 Å². The zero-order valence-corrected chi connectivity index (χ0v) is 8.06. The molecular formula is C9H16ClN. The van der Waals surface area contributed by atoms with Gasteiger partial charge in [-0.1, -0.05) is 26.7 Å². The fourth-order valence-electron chi connectivity index (χ4n) is 1.25. The van der Waals surface area contributed by atoms with Crippen LogP contribution < -0.4 is 0 Å². The van der Waals surface area contributed by atoms with Gasteiger partial charge < -0.3 is 0 Å². The molecule has 2 atom stereocenters. The fraction of sp³-hybridized carbons (Fsp3) is 0.889. The summed E-state index contributed by atoms with van der Waals surface area (Å²) in [4.78, 5) is 0. The molecule has 0 saturated heterocycles. The molecule has 0 aliphatic heterocycles. The molecule has 0 aromatic rings. The Labute approximate surface area is 74.4 Å². The Kier molecular flexibility index (Phi) is 6.36. The molecule has 64 valence electrons. The molecule has 0 saturated carbocycles. The summed E-state index contributed by atoms with van der Waals surface area (Å²) in [7, 11) is 0. The predicted octanol–water partition coefficient (Wildman–Crippen LogP) is 3.19. The van der Waals surface area contributed by atoms with Crippen molar-refractivity contribution in [3.8, 4) is 6.07 Å². The van der Waals surface area contributed by atoms with E-state index in [0.29, 0.717) is 11.8 Å². The van der Waals surface area contributed by atoms with Crippen molar-refractivity contribution in [1.82, 2.24) is 0 Å². The molecule has 0 rings (SSSR count). The van der Waals surface area contributed by atoms with Crippen LogP contribution >= 0.6 is 11.6 Å². The lowest BCUT2D eigenvalue weighted by molar-refractivity contribution is 0.441. The zero-order valence-electron chi connectivity index (χ0n) is 7.31. The smallest absolute Gasteiger partial charge is 0.0668 e. The summed E-state index contributed by atoms with van der Waals surface area (Å²) in [6, 6.07) is 2.21. The van der Waals surface area contributed by atoms with Gasteiger partial charge in [-0.15, -0.1) is 11.6 Å². The molecule has 2 unspecified atom stereocenters. The minimum Gasteiger partial charge on any atom is -0.198 e. The van der Waals surface area contributed by atoms with Crippen LogP contribution in [-0.4, -0.2) is 5.88 Å². The minimum atomic E-state index is 0.0539. The van der Waals surface area contributed by atoms with Crippen molar-refractivity contribution < 1.29 is 0 Å². The summed E-state index contributed by atoms with van der Waals surface area (Å²) in [5, 5.41) is 8.61. The molecule has 0 heterocycles. The number of alkyl halides is 1. The highest BCUT2D eigenvalue weighted by molar-refractivity contribution is 6.18. The monoisotopic (exact) mass is 173 g/mol. The van der Waals surface area contributed by atoms with Crippen molar-refractivity contribution in [3.05, 3.63) is 0 Å². The number of halogens is 1. The van der Waals surface area contributed by atoms with Gasteiger partial charge in [0.1, 0.15) is 0 Å². The molecule has 0 radical (unpaired) electrons. The van der Waals surface area contributed by atoms with Gasteiger partial charge in [-0.05, 0) is 12.3 Å². The molecule has 0 spiro atoms. The summed E-state index contributed by atoms with van der Waals surface area (Å²) < 4.78 is 0. The van der Waals surface area contributed by atoms with Gasteiger partial charge in [0, 0.05) is 5.88 Å². The molecule has 0 aliphatic rings. The van der Waals surface area contributed by atoms with E-state index in [4.69, 9.17) is 16.9 Å². The van der Waals surface area contributed by atoms with Crippen LogP contribution in [0.4, 0.5) is 0 Å². The summed E-state index contributed by atoms with van der Waals surface area (Å²) in [5.74, 6) is 1.17. The Morgan fingerprint density at radius 2 is 2.18 bits per heavy atom. The van der Waals surface area contributed by atoms with Gasteiger partial charge in [0.05, 0.1) is 12.0 Å². The zero-order chi connectivity index (χ0) is 8.69. The predicted molar refractivity (Wildman–Crippen MR) is 48.5 cm³/mol. The minimum absolute atomic E-state index is 0.0539. The van der Waals surface area contributed by atoms with Crippen molar-refractivity contribution in [2.45, 2.75) is 33.1 Å². The van der Waals surface area contributed by atoms with Crippen molar-refractivity contribution >= 4 is 11.6 Å². The number of hydrogen-bond donors (Lipinski definition) is 0. The quantitative estimate of drug-likeness (QED) is 0.586. The van der Waals surface area contributed by atoms with Gasteiger partial charge in [-0.2, -0.15) is 5.26 Å². The molecule has 0 fully saturated rings. The Morgan fingerprint density at radius 1 is 1.55 bits per heavy atom. The highest BCUT2D eigenvalue weighted by Gasteiger charge is 2.10. The van der Waals surface area contributed by atoms with Crippen molar-refractivity contribution in [1.29, 1.82) is 5.26 Å². The number of rotatable bonds is 5. The van der Waals surface area contributed by atoms with Crippen LogP contribution in [-0.2, 0) is 0 Å². The Bertz CT molecular complexity index is 128. The molecule has 11 heavy (non-hydrogen) atoms. The highest BCUT2D eigenvalue weighted by Crippen LogP contribution is 2.17. The fourth-order valence-corrected chi connectivity index (χ4v) is 1.44. The molecule has 0 aromatic heterocycles. The Morgan fingerprint density at radius 3 is 2.55 bits per heavy atom. The highest BCUT2D eigenvalue weighted by atomic mass is 35.5. The van der Waals surface area contributed by atoms with E-state index in [2.05, 4.69) is 19.9 Å². The first kappa shape index (κ1) is 10.8. The van der Waals surface area contributed by atoms with Crippen LogP contribution in [0.25, 0.3) is 0 Å². The van der Waals surface area contributed by atoms with Gasteiger partial charge >= 0.3 is 0 Å². The first-order valence-electron chi connectivity index (χ1n) is 4.20.